The minimum Gasteiger partial charge on any atom is -0.310 e. The molecule has 0 radical (unpaired) electrons. The Morgan fingerprint density at radius 3 is 2.44 bits per heavy atom. The second-order valence-corrected chi connectivity index (χ2v) is 5.84. The summed E-state index contributed by atoms with van der Waals surface area (Å²) in [5.41, 5.74) is -0.890. The van der Waals surface area contributed by atoms with E-state index in [4.69, 9.17) is 11.6 Å². The number of anilines is 1. The molecule has 3 aromatic rings. The molecule has 0 fully saturated rings. The highest BCUT2D eigenvalue weighted by atomic mass is 35.5. The van der Waals surface area contributed by atoms with Crippen molar-refractivity contribution in [1.29, 1.82) is 0 Å². The van der Waals surface area contributed by atoms with Gasteiger partial charge in [-0.2, -0.15) is 19.6 Å². The molecule has 0 spiro atoms. The van der Waals surface area contributed by atoms with Gasteiger partial charge in [0.2, 0.25) is 5.91 Å². The third kappa shape index (κ3) is 3.02. The van der Waals surface area contributed by atoms with Crippen LogP contribution in [0.1, 0.15) is 13.8 Å². The van der Waals surface area contributed by atoms with E-state index in [1.807, 2.05) is 0 Å². The van der Waals surface area contributed by atoms with E-state index >= 15 is 0 Å². The molecule has 2 aromatic heterocycles. The number of nitrogens with one attached hydrogen (secondary N) is 1. The molecule has 0 aliphatic rings. The molecule has 1 N–H and O–H groups in total. The Labute approximate surface area is 144 Å². The minimum absolute atomic E-state index is 0.0238. The van der Waals surface area contributed by atoms with Crippen molar-refractivity contribution < 1.29 is 18.0 Å². The Balaban J connectivity index is 2.34. The van der Waals surface area contributed by atoms with Gasteiger partial charge in [-0.05, 0) is 0 Å². The molecule has 0 atom stereocenters. The third-order valence-electron chi connectivity index (χ3n) is 3.41. The summed E-state index contributed by atoms with van der Waals surface area (Å²) >= 11 is 6.08. The smallest absolute Gasteiger partial charge is 0.255 e. The van der Waals surface area contributed by atoms with E-state index in [-0.39, 0.29) is 22.3 Å². The van der Waals surface area contributed by atoms with Crippen LogP contribution in [-0.2, 0) is 4.79 Å². The van der Waals surface area contributed by atoms with Gasteiger partial charge in [0.05, 0.1) is 11.1 Å². The van der Waals surface area contributed by atoms with Crippen molar-refractivity contribution in [2.75, 3.05) is 5.32 Å². The quantitative estimate of drug-likeness (QED) is 0.718. The zero-order chi connectivity index (χ0) is 18.3. The van der Waals surface area contributed by atoms with Gasteiger partial charge in [-0.1, -0.05) is 25.4 Å². The van der Waals surface area contributed by atoms with E-state index in [0.717, 1.165) is 10.8 Å². The maximum Gasteiger partial charge on any atom is 0.255 e. The molecule has 2 heterocycles. The highest BCUT2D eigenvalue weighted by Gasteiger charge is 2.25. The van der Waals surface area contributed by atoms with Crippen LogP contribution in [0.4, 0.5) is 19.0 Å². The SMILES string of the molecule is CC(C)C(=O)Nc1c(-c2c(F)cc(F)cc2F)c(Cl)nc2ncnn12. The monoisotopic (exact) mass is 369 g/mol. The Morgan fingerprint density at radius 2 is 1.84 bits per heavy atom. The number of carbonyl (C=O) groups is 1. The van der Waals surface area contributed by atoms with Crippen LogP contribution in [-0.4, -0.2) is 25.5 Å². The summed E-state index contributed by atoms with van der Waals surface area (Å²) in [5, 5.41) is 6.09. The third-order valence-corrected chi connectivity index (χ3v) is 3.68. The molecule has 0 saturated heterocycles. The molecule has 0 unspecified atom stereocenters. The first-order valence-electron chi connectivity index (χ1n) is 7.14. The minimum atomic E-state index is -1.19. The maximum atomic E-state index is 14.3. The van der Waals surface area contributed by atoms with Gasteiger partial charge in [-0.3, -0.25) is 4.79 Å². The fourth-order valence-electron chi connectivity index (χ4n) is 2.20. The van der Waals surface area contributed by atoms with Crippen molar-refractivity contribution in [2.45, 2.75) is 13.8 Å². The molecular weight excluding hydrogens is 359 g/mol. The fraction of sp³-hybridized carbons (Fsp3) is 0.200. The average Bonchev–Trinajstić information content (AvgIpc) is 2.96. The van der Waals surface area contributed by atoms with Crippen molar-refractivity contribution in [3.63, 3.8) is 0 Å². The lowest BCUT2D eigenvalue weighted by Gasteiger charge is -2.16. The molecule has 1 aromatic carbocycles. The van der Waals surface area contributed by atoms with Crippen molar-refractivity contribution >= 4 is 29.1 Å². The lowest BCUT2D eigenvalue weighted by Crippen LogP contribution is -2.21. The largest absolute Gasteiger partial charge is 0.310 e. The Bertz CT molecular complexity index is 966. The Hall–Kier alpha value is -2.68. The number of aromatic nitrogens is 4. The first-order valence-corrected chi connectivity index (χ1v) is 7.52. The van der Waals surface area contributed by atoms with Gasteiger partial charge in [-0.15, -0.1) is 0 Å². The molecular formula is C15H11ClF3N5O. The van der Waals surface area contributed by atoms with Crippen LogP contribution in [0.5, 0.6) is 0 Å². The van der Waals surface area contributed by atoms with Gasteiger partial charge in [0, 0.05) is 18.1 Å². The van der Waals surface area contributed by atoms with Crippen LogP contribution in [0.15, 0.2) is 18.5 Å². The first-order chi connectivity index (χ1) is 11.8. The van der Waals surface area contributed by atoms with Gasteiger partial charge in [0.1, 0.15) is 34.7 Å². The Morgan fingerprint density at radius 1 is 1.20 bits per heavy atom. The molecule has 25 heavy (non-hydrogen) atoms. The molecule has 3 rings (SSSR count). The number of benzene rings is 1. The lowest BCUT2D eigenvalue weighted by molar-refractivity contribution is -0.118. The van der Waals surface area contributed by atoms with Gasteiger partial charge in [0.25, 0.3) is 5.78 Å². The zero-order valence-corrected chi connectivity index (χ0v) is 13.8. The van der Waals surface area contributed by atoms with Crippen molar-refractivity contribution in [3.05, 3.63) is 41.1 Å². The number of nitrogens with zero attached hydrogens (tertiary/aromatic N) is 4. The fourth-order valence-corrected chi connectivity index (χ4v) is 2.46. The summed E-state index contributed by atoms with van der Waals surface area (Å²) < 4.78 is 42.8. The number of hydrogen-bond acceptors (Lipinski definition) is 4. The average molecular weight is 370 g/mol. The number of halogens is 4. The maximum absolute atomic E-state index is 14.3. The molecule has 6 nitrogen and oxygen atoms in total. The van der Waals surface area contributed by atoms with E-state index < -0.39 is 34.8 Å². The molecule has 0 bridgehead atoms. The predicted molar refractivity (Wildman–Crippen MR) is 84.6 cm³/mol. The van der Waals surface area contributed by atoms with Crippen LogP contribution in [0.25, 0.3) is 16.9 Å². The predicted octanol–water partition coefficient (Wildman–Crippen LogP) is 3.46. The normalized spacial score (nSPS) is 11.3. The summed E-state index contributed by atoms with van der Waals surface area (Å²) in [6, 6.07) is 1.02. The van der Waals surface area contributed by atoms with Crippen LogP contribution in [0, 0.1) is 23.4 Å². The summed E-state index contributed by atoms with van der Waals surface area (Å²) in [5.74, 6) is -4.44. The van der Waals surface area contributed by atoms with Crippen molar-refractivity contribution in [1.82, 2.24) is 19.6 Å². The second-order valence-electron chi connectivity index (χ2n) is 5.49. The van der Waals surface area contributed by atoms with E-state index in [9.17, 15) is 18.0 Å². The Kier molecular flexibility index (Phi) is 4.34. The van der Waals surface area contributed by atoms with Gasteiger partial charge >= 0.3 is 0 Å². The lowest BCUT2D eigenvalue weighted by atomic mass is 10.1. The standard InChI is InChI=1S/C15H11ClF3N5O/c1-6(2)14(25)23-13-11(10-8(18)3-7(17)4-9(10)19)12(16)22-15-20-5-21-24(13)15/h3-6H,1-2H3,(H,23,25). The molecule has 0 saturated carbocycles. The van der Waals surface area contributed by atoms with Crippen LogP contribution >= 0.6 is 11.6 Å². The van der Waals surface area contributed by atoms with E-state index in [0.29, 0.717) is 12.1 Å². The number of rotatable bonds is 3. The topological polar surface area (TPSA) is 72.2 Å². The summed E-state index contributed by atoms with van der Waals surface area (Å²) in [7, 11) is 0. The number of fused-ring (bicyclic) bond motifs is 1. The van der Waals surface area contributed by atoms with Crippen LogP contribution in [0.2, 0.25) is 5.15 Å². The molecule has 0 aliphatic heterocycles. The molecule has 130 valence electrons. The highest BCUT2D eigenvalue weighted by molar-refractivity contribution is 6.33. The summed E-state index contributed by atoms with van der Waals surface area (Å²) in [6.45, 7) is 3.27. The van der Waals surface area contributed by atoms with E-state index in [1.54, 1.807) is 13.8 Å². The van der Waals surface area contributed by atoms with Crippen LogP contribution < -0.4 is 5.32 Å². The van der Waals surface area contributed by atoms with Gasteiger partial charge in [0.15, 0.2) is 0 Å². The number of hydrogen-bond donors (Lipinski definition) is 1. The zero-order valence-electron chi connectivity index (χ0n) is 13.0. The van der Waals surface area contributed by atoms with E-state index in [2.05, 4.69) is 20.4 Å². The summed E-state index contributed by atoms with van der Waals surface area (Å²) in [6.07, 6.45) is 1.14. The number of carbonyl (C=O) groups excluding carboxylic acids is 1. The molecule has 10 heteroatoms. The number of amides is 1. The van der Waals surface area contributed by atoms with Crippen molar-refractivity contribution in [2.24, 2.45) is 5.92 Å². The van der Waals surface area contributed by atoms with Gasteiger partial charge in [-0.25, -0.2) is 13.2 Å². The summed E-state index contributed by atoms with van der Waals surface area (Å²) in [4.78, 5) is 19.9. The molecule has 0 aliphatic carbocycles. The molecule has 1 amide bonds. The first kappa shape index (κ1) is 17.2. The van der Waals surface area contributed by atoms with Gasteiger partial charge < -0.3 is 5.32 Å². The van der Waals surface area contributed by atoms with E-state index in [1.165, 1.54) is 0 Å². The van der Waals surface area contributed by atoms with Crippen molar-refractivity contribution in [3.8, 4) is 11.1 Å². The highest BCUT2D eigenvalue weighted by Crippen LogP contribution is 2.37. The van der Waals surface area contributed by atoms with Crippen LogP contribution in [0.3, 0.4) is 0 Å². The second kappa shape index (κ2) is 6.32.